The summed E-state index contributed by atoms with van der Waals surface area (Å²) in [5, 5.41) is 3.31. The van der Waals surface area contributed by atoms with Gasteiger partial charge in [0.15, 0.2) is 0 Å². The molecular weight excluding hydrogens is 361 g/mol. The van der Waals surface area contributed by atoms with E-state index >= 15 is 0 Å². The summed E-state index contributed by atoms with van der Waals surface area (Å²) in [4.78, 5) is 12.5. The van der Waals surface area contributed by atoms with Crippen LogP contribution in [-0.4, -0.2) is 11.9 Å². The zero-order chi connectivity index (χ0) is 14.5. The van der Waals surface area contributed by atoms with Crippen LogP contribution in [0.15, 0.2) is 24.3 Å². The van der Waals surface area contributed by atoms with Gasteiger partial charge in [-0.3, -0.25) is 4.79 Å². The maximum absolute atomic E-state index is 12.5. The van der Waals surface area contributed by atoms with Gasteiger partial charge in [-0.1, -0.05) is 26.8 Å². The van der Waals surface area contributed by atoms with E-state index in [4.69, 9.17) is 0 Å². The lowest BCUT2D eigenvalue weighted by Crippen LogP contribution is -2.46. The van der Waals surface area contributed by atoms with Gasteiger partial charge in [0.1, 0.15) is 0 Å². The van der Waals surface area contributed by atoms with Gasteiger partial charge in [-0.25, -0.2) is 0 Å². The second-order valence-corrected chi connectivity index (χ2v) is 8.39. The minimum Gasteiger partial charge on any atom is -0.349 e. The summed E-state index contributed by atoms with van der Waals surface area (Å²) in [5.74, 6) is 0.840. The van der Waals surface area contributed by atoms with Gasteiger partial charge in [-0.05, 0) is 76.8 Å². The largest absolute Gasteiger partial charge is 0.349 e. The first-order chi connectivity index (χ1) is 9.34. The molecule has 3 rings (SSSR count). The van der Waals surface area contributed by atoms with Gasteiger partial charge in [0.25, 0.3) is 5.91 Å². The van der Waals surface area contributed by atoms with Gasteiger partial charge >= 0.3 is 0 Å². The smallest absolute Gasteiger partial charge is 0.251 e. The SMILES string of the molecule is CC1(C)C2CCC1(C)C(NC(=O)c1cccc(I)c1)C2. The van der Waals surface area contributed by atoms with Crippen LogP contribution in [0.4, 0.5) is 0 Å². The third kappa shape index (κ3) is 2.00. The molecule has 0 spiro atoms. The van der Waals surface area contributed by atoms with Crippen LogP contribution in [0.25, 0.3) is 0 Å². The van der Waals surface area contributed by atoms with Crippen LogP contribution in [0.3, 0.4) is 0 Å². The molecule has 2 fully saturated rings. The molecule has 3 unspecified atom stereocenters. The van der Waals surface area contributed by atoms with Crippen molar-refractivity contribution in [3.8, 4) is 0 Å². The highest BCUT2D eigenvalue weighted by molar-refractivity contribution is 14.1. The van der Waals surface area contributed by atoms with Crippen molar-refractivity contribution >= 4 is 28.5 Å². The van der Waals surface area contributed by atoms with Crippen molar-refractivity contribution < 1.29 is 4.79 Å². The van der Waals surface area contributed by atoms with Crippen molar-refractivity contribution in [3.05, 3.63) is 33.4 Å². The van der Waals surface area contributed by atoms with Crippen LogP contribution >= 0.6 is 22.6 Å². The lowest BCUT2D eigenvalue weighted by Gasteiger charge is -2.39. The topological polar surface area (TPSA) is 29.1 Å². The maximum Gasteiger partial charge on any atom is 0.251 e. The molecule has 1 aromatic rings. The first-order valence-corrected chi connectivity index (χ1v) is 8.49. The van der Waals surface area contributed by atoms with Crippen LogP contribution in [0.2, 0.25) is 0 Å². The molecule has 3 atom stereocenters. The van der Waals surface area contributed by atoms with Crippen molar-refractivity contribution in [1.29, 1.82) is 0 Å². The van der Waals surface area contributed by atoms with Crippen molar-refractivity contribution in [2.75, 3.05) is 0 Å². The number of carbonyl (C=O) groups is 1. The first kappa shape index (κ1) is 14.4. The van der Waals surface area contributed by atoms with Gasteiger partial charge in [0.05, 0.1) is 0 Å². The summed E-state index contributed by atoms with van der Waals surface area (Å²) < 4.78 is 1.11. The molecule has 2 saturated carbocycles. The van der Waals surface area contributed by atoms with Gasteiger partial charge < -0.3 is 5.32 Å². The number of hydrogen-bond donors (Lipinski definition) is 1. The van der Waals surface area contributed by atoms with Gasteiger partial charge in [0.2, 0.25) is 0 Å². The maximum atomic E-state index is 12.5. The molecular formula is C17H22INO. The van der Waals surface area contributed by atoms with E-state index in [0.29, 0.717) is 11.5 Å². The minimum absolute atomic E-state index is 0.0816. The number of fused-ring (bicyclic) bond motifs is 2. The number of hydrogen-bond acceptors (Lipinski definition) is 1. The monoisotopic (exact) mass is 383 g/mol. The van der Waals surface area contributed by atoms with Crippen molar-refractivity contribution in [1.82, 2.24) is 5.32 Å². The Balaban J connectivity index is 1.78. The molecule has 108 valence electrons. The molecule has 2 aliphatic carbocycles. The minimum atomic E-state index is 0.0816. The zero-order valence-electron chi connectivity index (χ0n) is 12.4. The molecule has 3 heteroatoms. The Hall–Kier alpha value is -0.580. The van der Waals surface area contributed by atoms with Crippen LogP contribution in [0.5, 0.6) is 0 Å². The summed E-state index contributed by atoms with van der Waals surface area (Å²) in [6.07, 6.45) is 3.69. The number of carbonyl (C=O) groups excluding carboxylic acids is 1. The molecule has 2 nitrogen and oxygen atoms in total. The summed E-state index contributed by atoms with van der Waals surface area (Å²) in [5.41, 5.74) is 1.37. The highest BCUT2D eigenvalue weighted by Gasteiger charge is 2.61. The first-order valence-electron chi connectivity index (χ1n) is 7.41. The Morgan fingerprint density at radius 3 is 2.65 bits per heavy atom. The van der Waals surface area contributed by atoms with Crippen LogP contribution in [0, 0.1) is 20.3 Å². The fourth-order valence-electron chi connectivity index (χ4n) is 4.29. The molecule has 2 bridgehead atoms. The average Bonchev–Trinajstić information content (AvgIpc) is 2.72. The third-order valence-corrected chi connectivity index (χ3v) is 6.86. The van der Waals surface area contributed by atoms with Crippen LogP contribution in [-0.2, 0) is 0 Å². The van der Waals surface area contributed by atoms with Crippen molar-refractivity contribution in [3.63, 3.8) is 0 Å². The molecule has 2 aliphatic rings. The van der Waals surface area contributed by atoms with Gasteiger partial charge in [-0.2, -0.15) is 0 Å². The number of halogens is 1. The van der Waals surface area contributed by atoms with E-state index in [0.717, 1.165) is 21.5 Å². The highest BCUT2D eigenvalue weighted by atomic mass is 127. The van der Waals surface area contributed by atoms with Crippen LogP contribution in [0.1, 0.15) is 50.4 Å². The molecule has 1 amide bonds. The molecule has 20 heavy (non-hydrogen) atoms. The Morgan fingerprint density at radius 2 is 2.10 bits per heavy atom. The number of rotatable bonds is 2. The summed E-state index contributed by atoms with van der Waals surface area (Å²) in [6, 6.07) is 8.14. The third-order valence-electron chi connectivity index (χ3n) is 6.19. The molecule has 0 aliphatic heterocycles. The average molecular weight is 383 g/mol. The van der Waals surface area contributed by atoms with E-state index in [9.17, 15) is 4.79 Å². The second kappa shape index (κ2) is 4.72. The standard InChI is InChI=1S/C17H22INO/c1-16(2)12-7-8-17(16,3)14(10-12)19-15(20)11-5-4-6-13(18)9-11/h4-6,9,12,14H,7-8,10H2,1-3H3,(H,19,20). The van der Waals surface area contributed by atoms with Gasteiger partial charge in [0, 0.05) is 15.2 Å². The fourth-order valence-corrected chi connectivity index (χ4v) is 4.84. The van der Waals surface area contributed by atoms with Crippen LogP contribution < -0.4 is 5.32 Å². The number of amides is 1. The predicted octanol–water partition coefficient (Wildman–Crippen LogP) is 4.24. The predicted molar refractivity (Wildman–Crippen MR) is 89.6 cm³/mol. The molecule has 0 heterocycles. The number of benzene rings is 1. The molecule has 1 aromatic carbocycles. The van der Waals surface area contributed by atoms with Gasteiger partial charge in [-0.15, -0.1) is 0 Å². The van der Waals surface area contributed by atoms with E-state index in [1.54, 1.807) is 0 Å². The fraction of sp³-hybridized carbons (Fsp3) is 0.588. The Kier molecular flexibility index (Phi) is 3.39. The summed E-state index contributed by atoms with van der Waals surface area (Å²) in [6.45, 7) is 7.12. The van der Waals surface area contributed by atoms with Crippen molar-refractivity contribution in [2.24, 2.45) is 16.7 Å². The molecule has 0 radical (unpaired) electrons. The second-order valence-electron chi connectivity index (χ2n) is 7.15. The summed E-state index contributed by atoms with van der Waals surface area (Å²) >= 11 is 2.25. The Morgan fingerprint density at radius 1 is 1.35 bits per heavy atom. The van der Waals surface area contributed by atoms with E-state index in [1.807, 2.05) is 24.3 Å². The summed E-state index contributed by atoms with van der Waals surface area (Å²) in [7, 11) is 0. The Bertz CT molecular complexity index is 554. The van der Waals surface area contributed by atoms with E-state index in [1.165, 1.54) is 12.8 Å². The van der Waals surface area contributed by atoms with E-state index < -0.39 is 0 Å². The van der Waals surface area contributed by atoms with E-state index in [-0.39, 0.29) is 11.3 Å². The Labute approximate surface area is 134 Å². The highest BCUT2D eigenvalue weighted by Crippen LogP contribution is 2.65. The molecule has 0 saturated heterocycles. The zero-order valence-corrected chi connectivity index (χ0v) is 14.5. The lowest BCUT2D eigenvalue weighted by molar-refractivity contribution is 0.0826. The quantitative estimate of drug-likeness (QED) is 0.761. The lowest BCUT2D eigenvalue weighted by atomic mass is 9.69. The van der Waals surface area contributed by atoms with E-state index in [2.05, 4.69) is 48.7 Å². The van der Waals surface area contributed by atoms with Crippen molar-refractivity contribution in [2.45, 2.75) is 46.1 Å². The molecule has 0 aromatic heterocycles. The molecule has 1 N–H and O–H groups in total. The number of nitrogens with one attached hydrogen (secondary N) is 1. The normalized spacial score (nSPS) is 34.2.